The van der Waals surface area contributed by atoms with E-state index in [4.69, 9.17) is 0 Å². The fraction of sp³-hybridized carbons (Fsp3) is 0.222. The lowest BCUT2D eigenvalue weighted by Crippen LogP contribution is -2.27. The summed E-state index contributed by atoms with van der Waals surface area (Å²) in [5.41, 5.74) is 1.59. The Labute approximate surface area is 144 Å². The summed E-state index contributed by atoms with van der Waals surface area (Å²) in [7, 11) is 0. The molecule has 25 heavy (non-hydrogen) atoms. The zero-order chi connectivity index (χ0) is 17.8. The van der Waals surface area contributed by atoms with Gasteiger partial charge in [-0.05, 0) is 49.2 Å². The number of carbonyl (C=O) groups is 3. The van der Waals surface area contributed by atoms with Crippen LogP contribution in [-0.4, -0.2) is 28.7 Å². The number of pyridine rings is 1. The maximum absolute atomic E-state index is 12.3. The van der Waals surface area contributed by atoms with Gasteiger partial charge in [-0.1, -0.05) is 6.07 Å². The highest BCUT2D eigenvalue weighted by atomic mass is 16.2. The van der Waals surface area contributed by atoms with Gasteiger partial charge in [-0.25, -0.2) is 4.98 Å². The Morgan fingerprint density at radius 3 is 2.00 bits per heavy atom. The van der Waals surface area contributed by atoms with Crippen LogP contribution in [0.15, 0.2) is 42.5 Å². The van der Waals surface area contributed by atoms with Crippen molar-refractivity contribution in [3.05, 3.63) is 53.9 Å². The maximum Gasteiger partial charge on any atom is 0.274 e. The zero-order valence-electron chi connectivity index (χ0n) is 13.7. The van der Waals surface area contributed by atoms with Crippen molar-refractivity contribution >= 4 is 29.1 Å². The van der Waals surface area contributed by atoms with Crippen molar-refractivity contribution < 1.29 is 14.4 Å². The molecule has 1 saturated carbocycles. The molecule has 1 heterocycles. The third-order valence-electron chi connectivity index (χ3n) is 3.59. The smallest absolute Gasteiger partial charge is 0.274 e. The van der Waals surface area contributed by atoms with E-state index >= 15 is 0 Å². The molecule has 1 fully saturated rings. The molecule has 0 atom stereocenters. The Balaban J connectivity index is 1.66. The van der Waals surface area contributed by atoms with Crippen LogP contribution in [-0.2, 0) is 4.79 Å². The minimum atomic E-state index is -0.409. The summed E-state index contributed by atoms with van der Waals surface area (Å²) >= 11 is 0. The Bertz CT molecular complexity index is 813. The summed E-state index contributed by atoms with van der Waals surface area (Å²) in [6, 6.07) is 11.7. The number of amides is 3. The van der Waals surface area contributed by atoms with E-state index in [2.05, 4.69) is 20.9 Å². The molecule has 3 rings (SSSR count). The summed E-state index contributed by atoms with van der Waals surface area (Å²) in [6.45, 7) is 1.42. The standard InChI is InChI=1S/C18H18N4O3/c1-11(23)19-12-5-7-13(8-6-12)20-17(24)15-3-2-4-16(22-15)18(25)21-14-9-10-14/h2-8,14H,9-10H2,1H3,(H,19,23)(H,20,24)(H,21,25). The van der Waals surface area contributed by atoms with Crippen molar-refractivity contribution in [2.24, 2.45) is 0 Å². The number of rotatable bonds is 5. The van der Waals surface area contributed by atoms with Gasteiger partial charge in [0.15, 0.2) is 0 Å². The van der Waals surface area contributed by atoms with Gasteiger partial charge in [-0.3, -0.25) is 14.4 Å². The molecule has 0 unspecified atom stereocenters. The molecule has 1 aliphatic rings. The van der Waals surface area contributed by atoms with E-state index in [-0.39, 0.29) is 29.2 Å². The van der Waals surface area contributed by atoms with Gasteiger partial charge < -0.3 is 16.0 Å². The largest absolute Gasteiger partial charge is 0.348 e. The summed E-state index contributed by atoms with van der Waals surface area (Å²) in [4.78, 5) is 39.4. The van der Waals surface area contributed by atoms with E-state index in [0.29, 0.717) is 11.4 Å². The first-order chi connectivity index (χ1) is 12.0. The Morgan fingerprint density at radius 1 is 0.880 bits per heavy atom. The van der Waals surface area contributed by atoms with Gasteiger partial charge in [-0.2, -0.15) is 0 Å². The first-order valence-electron chi connectivity index (χ1n) is 7.98. The average molecular weight is 338 g/mol. The third-order valence-corrected chi connectivity index (χ3v) is 3.59. The molecule has 0 radical (unpaired) electrons. The predicted molar refractivity (Wildman–Crippen MR) is 93.4 cm³/mol. The first kappa shape index (κ1) is 16.6. The van der Waals surface area contributed by atoms with Crippen LogP contribution in [0.5, 0.6) is 0 Å². The number of hydrogen-bond donors (Lipinski definition) is 3. The monoisotopic (exact) mass is 338 g/mol. The lowest BCUT2D eigenvalue weighted by molar-refractivity contribution is -0.114. The van der Waals surface area contributed by atoms with Crippen LogP contribution in [0.3, 0.4) is 0 Å². The van der Waals surface area contributed by atoms with Gasteiger partial charge in [0.25, 0.3) is 11.8 Å². The molecule has 2 aromatic rings. The van der Waals surface area contributed by atoms with Crippen molar-refractivity contribution in [2.75, 3.05) is 10.6 Å². The van der Waals surface area contributed by atoms with Gasteiger partial charge in [0.1, 0.15) is 11.4 Å². The zero-order valence-corrected chi connectivity index (χ0v) is 13.7. The molecule has 1 aromatic carbocycles. The van der Waals surface area contributed by atoms with Crippen molar-refractivity contribution in [3.63, 3.8) is 0 Å². The number of hydrogen-bond acceptors (Lipinski definition) is 4. The van der Waals surface area contributed by atoms with E-state index < -0.39 is 5.91 Å². The van der Waals surface area contributed by atoms with E-state index in [9.17, 15) is 14.4 Å². The van der Waals surface area contributed by atoms with Crippen LogP contribution in [0.1, 0.15) is 40.7 Å². The van der Waals surface area contributed by atoms with Crippen molar-refractivity contribution in [3.8, 4) is 0 Å². The number of benzene rings is 1. The molecule has 3 amide bonds. The van der Waals surface area contributed by atoms with E-state index in [0.717, 1.165) is 12.8 Å². The molecular weight excluding hydrogens is 320 g/mol. The minimum Gasteiger partial charge on any atom is -0.348 e. The number of aromatic nitrogens is 1. The fourth-order valence-electron chi connectivity index (χ4n) is 2.21. The second kappa shape index (κ2) is 7.12. The number of anilines is 2. The highest BCUT2D eigenvalue weighted by Crippen LogP contribution is 2.19. The fourth-order valence-corrected chi connectivity index (χ4v) is 2.21. The SMILES string of the molecule is CC(=O)Nc1ccc(NC(=O)c2cccc(C(=O)NC3CC3)n2)cc1. The van der Waals surface area contributed by atoms with Gasteiger partial charge in [-0.15, -0.1) is 0 Å². The molecule has 1 aromatic heterocycles. The molecule has 7 nitrogen and oxygen atoms in total. The third kappa shape index (κ3) is 4.63. The van der Waals surface area contributed by atoms with Gasteiger partial charge >= 0.3 is 0 Å². The Morgan fingerprint density at radius 2 is 1.44 bits per heavy atom. The number of nitrogens with zero attached hydrogens (tertiary/aromatic N) is 1. The summed E-state index contributed by atoms with van der Waals surface area (Å²) in [6.07, 6.45) is 1.97. The number of carbonyl (C=O) groups excluding carboxylic acids is 3. The second-order valence-electron chi connectivity index (χ2n) is 5.87. The Kier molecular flexibility index (Phi) is 4.74. The molecule has 128 valence electrons. The molecular formula is C18H18N4O3. The predicted octanol–water partition coefficient (Wildman–Crippen LogP) is 2.18. The maximum atomic E-state index is 12.3. The van der Waals surface area contributed by atoms with E-state index in [1.54, 1.807) is 42.5 Å². The summed E-state index contributed by atoms with van der Waals surface area (Å²) in [5, 5.41) is 8.20. The molecule has 0 aliphatic heterocycles. The van der Waals surface area contributed by atoms with Crippen molar-refractivity contribution in [2.45, 2.75) is 25.8 Å². The van der Waals surface area contributed by atoms with Gasteiger partial charge in [0.05, 0.1) is 0 Å². The van der Waals surface area contributed by atoms with Crippen LogP contribution in [0.2, 0.25) is 0 Å². The van der Waals surface area contributed by atoms with Crippen LogP contribution in [0.25, 0.3) is 0 Å². The molecule has 0 bridgehead atoms. The van der Waals surface area contributed by atoms with Crippen LogP contribution < -0.4 is 16.0 Å². The average Bonchev–Trinajstić information content (AvgIpc) is 3.40. The van der Waals surface area contributed by atoms with Crippen LogP contribution >= 0.6 is 0 Å². The minimum absolute atomic E-state index is 0.161. The quantitative estimate of drug-likeness (QED) is 0.778. The topological polar surface area (TPSA) is 100 Å². The molecule has 7 heteroatoms. The van der Waals surface area contributed by atoms with Crippen LogP contribution in [0, 0.1) is 0 Å². The van der Waals surface area contributed by atoms with Gasteiger partial charge in [0.2, 0.25) is 5.91 Å². The molecule has 1 aliphatic carbocycles. The highest BCUT2D eigenvalue weighted by molar-refractivity contribution is 6.04. The molecule has 0 spiro atoms. The van der Waals surface area contributed by atoms with E-state index in [1.807, 2.05) is 0 Å². The molecule has 0 saturated heterocycles. The summed E-state index contributed by atoms with van der Waals surface area (Å²) in [5.74, 6) is -0.840. The lowest BCUT2D eigenvalue weighted by atomic mass is 10.2. The lowest BCUT2D eigenvalue weighted by Gasteiger charge is -2.08. The Hall–Kier alpha value is -3.22. The van der Waals surface area contributed by atoms with Crippen molar-refractivity contribution in [1.29, 1.82) is 0 Å². The first-order valence-corrected chi connectivity index (χ1v) is 7.98. The van der Waals surface area contributed by atoms with E-state index in [1.165, 1.54) is 6.92 Å². The highest BCUT2D eigenvalue weighted by Gasteiger charge is 2.24. The second-order valence-corrected chi connectivity index (χ2v) is 5.87. The van der Waals surface area contributed by atoms with Crippen LogP contribution in [0.4, 0.5) is 11.4 Å². The van der Waals surface area contributed by atoms with Crippen molar-refractivity contribution in [1.82, 2.24) is 10.3 Å². The summed E-state index contributed by atoms with van der Waals surface area (Å²) < 4.78 is 0. The molecule has 3 N–H and O–H groups in total. The number of nitrogens with one attached hydrogen (secondary N) is 3. The van der Waals surface area contributed by atoms with Gasteiger partial charge in [0, 0.05) is 24.3 Å². The normalized spacial score (nSPS) is 13.0.